The fourth-order valence-electron chi connectivity index (χ4n) is 4.63. The number of nitrogens with one attached hydrogen (secondary N) is 2. The molecular formula is C24H35Cl3N6Si. The molecule has 0 saturated carbocycles. The van der Waals surface area contributed by atoms with Crippen LogP contribution < -0.4 is 16.8 Å². The number of fused-ring (bicyclic) bond motifs is 2. The molecule has 0 radical (unpaired) electrons. The summed E-state index contributed by atoms with van der Waals surface area (Å²) < 4.78 is 0. The molecule has 10 heteroatoms. The minimum atomic E-state index is -1.47. The molecule has 0 saturated heterocycles. The van der Waals surface area contributed by atoms with Crippen LogP contribution in [0.1, 0.15) is 31.9 Å². The van der Waals surface area contributed by atoms with Gasteiger partial charge in [-0.25, -0.2) is 9.97 Å². The van der Waals surface area contributed by atoms with Crippen molar-refractivity contribution in [2.45, 2.75) is 51.7 Å². The van der Waals surface area contributed by atoms with E-state index in [-0.39, 0.29) is 12.4 Å². The quantitative estimate of drug-likeness (QED) is 0.218. The Morgan fingerprint density at radius 2 is 1.41 bits per heavy atom. The van der Waals surface area contributed by atoms with Gasteiger partial charge in [-0.2, -0.15) is 0 Å². The van der Waals surface area contributed by atoms with Crippen molar-refractivity contribution in [2.24, 2.45) is 11.5 Å². The Balaban J connectivity index is 0.000000253. The smallest absolute Gasteiger partial charge is 0.137 e. The van der Waals surface area contributed by atoms with E-state index in [1.807, 2.05) is 18.3 Å². The predicted molar refractivity (Wildman–Crippen MR) is 152 cm³/mol. The van der Waals surface area contributed by atoms with Gasteiger partial charge in [-0.3, -0.25) is 0 Å². The van der Waals surface area contributed by atoms with E-state index in [4.69, 9.17) is 34.7 Å². The zero-order valence-electron chi connectivity index (χ0n) is 20.0. The van der Waals surface area contributed by atoms with E-state index in [0.29, 0.717) is 23.1 Å². The Hall–Kier alpha value is -1.61. The number of hydrogen-bond acceptors (Lipinski definition) is 4. The highest BCUT2D eigenvalue weighted by Crippen LogP contribution is 2.27. The molecule has 0 atom stereocenters. The van der Waals surface area contributed by atoms with E-state index in [9.17, 15) is 0 Å². The van der Waals surface area contributed by atoms with Crippen molar-refractivity contribution >= 4 is 71.1 Å². The average molecular weight is 542 g/mol. The third-order valence-corrected chi connectivity index (χ3v) is 12.6. The number of halogens is 3. The summed E-state index contributed by atoms with van der Waals surface area (Å²) in [5, 5.41) is 5.02. The SMILES string of the molecule is CC[Si](CC)(CC)c1[nH]c2ncc(Cl)cc2c1CCN.Cl.NCCc1c[nH]c2ncc(Cl)cc12. The predicted octanol–water partition coefficient (Wildman–Crippen LogP) is 5.57. The van der Waals surface area contributed by atoms with E-state index in [1.54, 1.807) is 12.4 Å². The van der Waals surface area contributed by atoms with Crippen LogP contribution in [-0.4, -0.2) is 41.1 Å². The van der Waals surface area contributed by atoms with E-state index < -0.39 is 8.07 Å². The van der Waals surface area contributed by atoms with Gasteiger partial charge in [0.1, 0.15) is 19.4 Å². The molecule has 6 N–H and O–H groups in total. The summed E-state index contributed by atoms with van der Waals surface area (Å²) in [6.07, 6.45) is 7.02. The van der Waals surface area contributed by atoms with Crippen LogP contribution in [0.5, 0.6) is 0 Å². The van der Waals surface area contributed by atoms with E-state index in [0.717, 1.165) is 34.9 Å². The molecule has 0 aliphatic rings. The minimum absolute atomic E-state index is 0. The standard InChI is InChI=1S/C15H24ClN3Si.C9H10ClN3.ClH/c1-4-20(5-2,6-3)15-12(7-8-17)13-9-11(16)10-18-14(13)19-15;10-7-3-8-6(1-2-11)4-12-9(8)13-5-7;/h9-10H,4-8,17H2,1-3H3,(H,18,19);3-5H,1-2,11H2,(H,12,13);1H. The first-order valence-corrected chi connectivity index (χ1v) is 15.0. The summed E-state index contributed by atoms with van der Waals surface area (Å²) in [7, 11) is -1.47. The van der Waals surface area contributed by atoms with Gasteiger partial charge < -0.3 is 21.4 Å². The number of rotatable bonds is 8. The highest BCUT2D eigenvalue weighted by Gasteiger charge is 2.34. The Morgan fingerprint density at radius 3 is 1.97 bits per heavy atom. The molecule has 4 rings (SSSR count). The minimum Gasteiger partial charge on any atom is -0.347 e. The Bertz CT molecular complexity index is 1190. The molecule has 0 unspecified atom stereocenters. The van der Waals surface area contributed by atoms with E-state index in [1.165, 1.54) is 34.6 Å². The van der Waals surface area contributed by atoms with Crippen LogP contribution in [0.3, 0.4) is 0 Å². The second kappa shape index (κ2) is 12.9. The van der Waals surface area contributed by atoms with Crippen LogP contribution in [0.25, 0.3) is 22.1 Å². The van der Waals surface area contributed by atoms with Crippen LogP contribution in [0.4, 0.5) is 0 Å². The number of H-pyrrole nitrogens is 2. The van der Waals surface area contributed by atoms with Gasteiger partial charge in [0.15, 0.2) is 0 Å². The maximum Gasteiger partial charge on any atom is 0.137 e. The Labute approximate surface area is 218 Å². The number of nitrogens with zero attached hydrogens (tertiary/aromatic N) is 2. The summed E-state index contributed by atoms with van der Waals surface area (Å²) in [6.45, 7) is 8.25. The fourth-order valence-corrected chi connectivity index (χ4v) is 8.79. The Kier molecular flexibility index (Phi) is 10.9. The molecule has 0 fully saturated rings. The average Bonchev–Trinajstić information content (AvgIpc) is 3.38. The summed E-state index contributed by atoms with van der Waals surface area (Å²) in [6, 6.07) is 7.68. The van der Waals surface area contributed by atoms with Crippen LogP contribution in [0, 0.1) is 0 Å². The van der Waals surface area contributed by atoms with Crippen molar-refractivity contribution in [1.29, 1.82) is 0 Å². The molecule has 34 heavy (non-hydrogen) atoms. The lowest BCUT2D eigenvalue weighted by Gasteiger charge is -2.28. The third-order valence-electron chi connectivity index (χ3n) is 6.68. The first kappa shape index (κ1) is 28.6. The third kappa shape index (κ3) is 5.95. The summed E-state index contributed by atoms with van der Waals surface area (Å²) in [5.41, 5.74) is 15.7. The van der Waals surface area contributed by atoms with E-state index in [2.05, 4.69) is 40.7 Å². The number of aromatic nitrogens is 4. The first-order chi connectivity index (χ1) is 15.9. The highest BCUT2D eigenvalue weighted by atomic mass is 35.5. The number of hydrogen-bond donors (Lipinski definition) is 4. The summed E-state index contributed by atoms with van der Waals surface area (Å²) in [5.74, 6) is 0. The zero-order chi connectivity index (χ0) is 24.0. The molecule has 4 heterocycles. The van der Waals surface area contributed by atoms with Gasteiger partial charge >= 0.3 is 0 Å². The molecule has 0 bridgehead atoms. The van der Waals surface area contributed by atoms with E-state index >= 15 is 0 Å². The molecule has 6 nitrogen and oxygen atoms in total. The van der Waals surface area contributed by atoms with Crippen LogP contribution in [0.15, 0.2) is 30.7 Å². The number of aromatic amines is 2. The molecule has 0 aliphatic carbocycles. The second-order valence-electron chi connectivity index (χ2n) is 8.31. The maximum atomic E-state index is 6.12. The normalized spacial score (nSPS) is 11.4. The van der Waals surface area contributed by atoms with Crippen molar-refractivity contribution in [3.63, 3.8) is 0 Å². The van der Waals surface area contributed by atoms with Crippen molar-refractivity contribution < 1.29 is 0 Å². The van der Waals surface area contributed by atoms with Crippen LogP contribution in [0.2, 0.25) is 28.2 Å². The monoisotopic (exact) mass is 540 g/mol. The van der Waals surface area contributed by atoms with Crippen LogP contribution in [-0.2, 0) is 12.8 Å². The molecule has 0 aromatic carbocycles. The van der Waals surface area contributed by atoms with Crippen LogP contribution >= 0.6 is 35.6 Å². The summed E-state index contributed by atoms with van der Waals surface area (Å²) >= 11 is 12.0. The van der Waals surface area contributed by atoms with Gasteiger partial charge in [0.05, 0.1) is 10.0 Å². The molecule has 0 amide bonds. The van der Waals surface area contributed by atoms with Gasteiger partial charge in [0.25, 0.3) is 0 Å². The maximum absolute atomic E-state index is 6.12. The lowest BCUT2D eigenvalue weighted by molar-refractivity contribution is 0.976. The highest BCUT2D eigenvalue weighted by molar-refractivity contribution is 6.91. The van der Waals surface area contributed by atoms with Crippen molar-refractivity contribution in [3.05, 3.63) is 51.9 Å². The first-order valence-electron chi connectivity index (χ1n) is 11.6. The van der Waals surface area contributed by atoms with Gasteiger partial charge in [-0.05, 0) is 49.2 Å². The zero-order valence-corrected chi connectivity index (χ0v) is 23.4. The summed E-state index contributed by atoms with van der Waals surface area (Å²) in [4.78, 5) is 15.3. The molecule has 4 aromatic heterocycles. The molecule has 186 valence electrons. The molecular weight excluding hydrogens is 507 g/mol. The van der Waals surface area contributed by atoms with Gasteiger partial charge in [-0.15, -0.1) is 12.4 Å². The lowest BCUT2D eigenvalue weighted by atomic mass is 10.1. The van der Waals surface area contributed by atoms with Crippen molar-refractivity contribution in [1.82, 2.24) is 19.9 Å². The Morgan fingerprint density at radius 1 is 0.853 bits per heavy atom. The van der Waals surface area contributed by atoms with Gasteiger partial charge in [0, 0.05) is 34.7 Å². The second-order valence-corrected chi connectivity index (χ2v) is 14.4. The molecule has 0 spiro atoms. The molecule has 0 aliphatic heterocycles. The lowest BCUT2D eigenvalue weighted by Crippen LogP contribution is -2.48. The van der Waals surface area contributed by atoms with Crippen molar-refractivity contribution in [3.8, 4) is 0 Å². The number of nitrogens with two attached hydrogens (primary N) is 2. The fraction of sp³-hybridized carbons (Fsp3) is 0.417. The van der Waals surface area contributed by atoms with Gasteiger partial charge in [0.2, 0.25) is 0 Å². The topological polar surface area (TPSA) is 109 Å². The van der Waals surface area contributed by atoms with Gasteiger partial charge in [-0.1, -0.05) is 62.1 Å². The number of pyridine rings is 2. The van der Waals surface area contributed by atoms with Crippen molar-refractivity contribution in [2.75, 3.05) is 13.1 Å². The molecule has 4 aromatic rings. The largest absolute Gasteiger partial charge is 0.347 e.